The molecule has 18 nitrogen and oxygen atoms in total. The first-order valence-electron chi connectivity index (χ1n) is 9.95. The maximum atomic E-state index is 14.1. The van der Waals surface area contributed by atoms with E-state index >= 15 is 0 Å². The first kappa shape index (κ1) is 29.2. The Morgan fingerprint density at radius 1 is 1.00 bits per heavy atom. The molecule has 0 aromatic carbocycles. The third kappa shape index (κ3) is 6.53. The number of phosphoric ester groups is 2. The monoisotopic (exact) mass is 568 g/mol. The van der Waals surface area contributed by atoms with Gasteiger partial charge in [-0.3, -0.25) is 23.4 Å². The largest absolute Gasteiger partial charge is 0.483 e. The highest BCUT2D eigenvalue weighted by Crippen LogP contribution is 2.61. The highest BCUT2D eigenvalue weighted by molar-refractivity contribution is 7.61. The Labute approximate surface area is 199 Å². The van der Waals surface area contributed by atoms with Gasteiger partial charge >= 0.3 is 21.3 Å². The highest BCUT2D eigenvalue weighted by atomic mass is 31.3. The van der Waals surface area contributed by atoms with Crippen LogP contribution in [0.5, 0.6) is 0 Å². The molecule has 0 bridgehead atoms. The number of nitrogens with one attached hydrogen (secondary N) is 1. The first-order valence-corrected chi connectivity index (χ1v) is 12.9. The number of ether oxygens (including phenoxy) is 2. The van der Waals surface area contributed by atoms with E-state index in [4.69, 9.17) is 14.6 Å². The number of aromatic amines is 1. The second kappa shape index (κ2) is 11.1. The molecule has 2 aliphatic rings. The van der Waals surface area contributed by atoms with Crippen molar-refractivity contribution in [3.63, 3.8) is 0 Å². The van der Waals surface area contributed by atoms with Gasteiger partial charge in [-0.2, -0.15) is 4.31 Å². The molecule has 0 amide bonds. The molecular formula is C15H23FN2O16P2. The predicted molar refractivity (Wildman–Crippen MR) is 108 cm³/mol. The van der Waals surface area contributed by atoms with Crippen LogP contribution in [0.4, 0.5) is 4.39 Å². The molecule has 2 saturated heterocycles. The van der Waals surface area contributed by atoms with Gasteiger partial charge in [-0.05, 0) is 0 Å². The Kier molecular flexibility index (Phi) is 9.02. The molecule has 1 aromatic rings. The minimum absolute atomic E-state index is 0.711. The molecule has 3 rings (SSSR count). The standard InChI is InChI=1S/C15H23FN2O16P2/c16-8-11(23)9(21)5(3-19)32-14(8)33-36(28,29)34-35(26,27)30-4-6-10(22)12(24)13(31-6)18-2-1-7(20)17-15(18)25/h1-2,5-6,8-14,19,21-24H,3-4H2,(H,26,27)(H,28,29)(H,17,20,25)/t5-,6+,8-,9-,10+,11-,12-,13-,14+/m1/s1. The summed E-state index contributed by atoms with van der Waals surface area (Å²) in [7, 11) is -11.2. The summed E-state index contributed by atoms with van der Waals surface area (Å²) in [5.41, 5.74) is -1.76. The van der Waals surface area contributed by atoms with Crippen LogP contribution in [-0.4, -0.2) is 107 Å². The minimum Gasteiger partial charge on any atom is -0.394 e. The summed E-state index contributed by atoms with van der Waals surface area (Å²) in [4.78, 5) is 44.4. The zero-order valence-electron chi connectivity index (χ0n) is 17.8. The zero-order valence-corrected chi connectivity index (χ0v) is 19.6. The lowest BCUT2D eigenvalue weighted by molar-refractivity contribution is -0.265. The lowest BCUT2D eigenvalue weighted by Gasteiger charge is -2.38. The summed E-state index contributed by atoms with van der Waals surface area (Å²) >= 11 is 0. The number of aliphatic hydroxyl groups is 5. The van der Waals surface area contributed by atoms with E-state index in [1.165, 1.54) is 0 Å². The Morgan fingerprint density at radius 3 is 2.25 bits per heavy atom. The van der Waals surface area contributed by atoms with Crippen LogP contribution in [0.3, 0.4) is 0 Å². The number of rotatable bonds is 9. The summed E-state index contributed by atoms with van der Waals surface area (Å²) < 4.78 is 61.7. The van der Waals surface area contributed by atoms with Gasteiger partial charge in [0.2, 0.25) is 6.29 Å². The van der Waals surface area contributed by atoms with Crippen LogP contribution in [-0.2, 0) is 32.0 Å². The molecular weight excluding hydrogens is 545 g/mol. The van der Waals surface area contributed by atoms with Crippen LogP contribution >= 0.6 is 15.6 Å². The van der Waals surface area contributed by atoms with Crippen molar-refractivity contribution in [2.24, 2.45) is 0 Å². The molecule has 0 spiro atoms. The van der Waals surface area contributed by atoms with Gasteiger partial charge in [0.1, 0.15) is 36.6 Å². The van der Waals surface area contributed by atoms with Gasteiger partial charge in [-0.15, -0.1) is 0 Å². The van der Waals surface area contributed by atoms with Gasteiger partial charge < -0.3 is 44.8 Å². The van der Waals surface area contributed by atoms with Gasteiger partial charge in [0.25, 0.3) is 5.56 Å². The quantitative estimate of drug-likeness (QED) is 0.133. The lowest BCUT2D eigenvalue weighted by Crippen LogP contribution is -2.57. The third-order valence-electron chi connectivity index (χ3n) is 5.11. The maximum Gasteiger partial charge on any atom is 0.483 e. The van der Waals surface area contributed by atoms with Crippen molar-refractivity contribution >= 4 is 15.6 Å². The fourth-order valence-corrected chi connectivity index (χ4v) is 5.48. The van der Waals surface area contributed by atoms with Gasteiger partial charge in [-0.1, -0.05) is 0 Å². The molecule has 36 heavy (non-hydrogen) atoms. The average Bonchev–Trinajstić information content (AvgIpc) is 3.06. The summed E-state index contributed by atoms with van der Waals surface area (Å²) in [6.45, 7) is -2.01. The smallest absolute Gasteiger partial charge is 0.394 e. The minimum atomic E-state index is -5.67. The molecule has 11 atom stereocenters. The predicted octanol–water partition coefficient (Wildman–Crippen LogP) is -3.82. The summed E-state index contributed by atoms with van der Waals surface area (Å²) in [6, 6.07) is 0.919. The fraction of sp³-hybridized carbons (Fsp3) is 0.733. The maximum absolute atomic E-state index is 14.1. The Bertz CT molecular complexity index is 1130. The number of alkyl halides is 1. The SMILES string of the molecule is O=c1ccn([C@@H]2O[C@@H](COP(=O)(O)OP(=O)(O)O[C@@H]3O[C@H](CO)[C@@H](O)[C@H](O)[C@H]3F)[C@H](O)[C@H]2O)c(=O)[nH]1. The number of H-pyrrole nitrogens is 1. The molecule has 3 heterocycles. The van der Waals surface area contributed by atoms with E-state index in [9.17, 15) is 53.3 Å². The average molecular weight is 568 g/mol. The molecule has 206 valence electrons. The molecule has 0 aliphatic carbocycles. The van der Waals surface area contributed by atoms with Crippen LogP contribution in [0, 0.1) is 0 Å². The van der Waals surface area contributed by atoms with Crippen LogP contribution < -0.4 is 11.2 Å². The van der Waals surface area contributed by atoms with E-state index in [0.29, 0.717) is 4.57 Å². The number of phosphoric acid groups is 2. The van der Waals surface area contributed by atoms with E-state index in [1.54, 1.807) is 0 Å². The van der Waals surface area contributed by atoms with E-state index < -0.39 is 95.4 Å². The second-order valence-electron chi connectivity index (χ2n) is 7.63. The number of nitrogens with zero attached hydrogens (tertiary/aromatic N) is 1. The number of halogens is 1. The Morgan fingerprint density at radius 2 is 1.64 bits per heavy atom. The normalized spacial score (nSPS) is 38.4. The van der Waals surface area contributed by atoms with Crippen molar-refractivity contribution in [1.29, 1.82) is 0 Å². The van der Waals surface area contributed by atoms with Crippen molar-refractivity contribution in [3.8, 4) is 0 Å². The van der Waals surface area contributed by atoms with E-state index in [0.717, 1.165) is 12.3 Å². The third-order valence-corrected chi connectivity index (χ3v) is 7.71. The molecule has 2 fully saturated rings. The van der Waals surface area contributed by atoms with Crippen LogP contribution in [0.15, 0.2) is 21.9 Å². The Balaban J connectivity index is 1.61. The second-order valence-corrected chi connectivity index (χ2v) is 10.6. The van der Waals surface area contributed by atoms with Crippen LogP contribution in [0.25, 0.3) is 0 Å². The highest BCUT2D eigenvalue weighted by Gasteiger charge is 2.50. The molecule has 0 saturated carbocycles. The molecule has 21 heteroatoms. The summed E-state index contributed by atoms with van der Waals surface area (Å²) in [5, 5.41) is 48.5. The summed E-state index contributed by atoms with van der Waals surface area (Å²) in [5.74, 6) is 0. The fourth-order valence-electron chi connectivity index (χ4n) is 3.33. The van der Waals surface area contributed by atoms with Crippen molar-refractivity contribution < 1.29 is 71.7 Å². The first-order chi connectivity index (χ1) is 16.7. The number of aromatic nitrogens is 2. The zero-order chi connectivity index (χ0) is 27.0. The van der Waals surface area contributed by atoms with Gasteiger partial charge in [0.05, 0.1) is 13.2 Å². The number of aliphatic hydroxyl groups excluding tert-OH is 5. The Hall–Kier alpha value is -1.41. The molecule has 2 aliphatic heterocycles. The molecule has 2 unspecified atom stereocenters. The van der Waals surface area contributed by atoms with Gasteiger partial charge in [0, 0.05) is 12.3 Å². The van der Waals surface area contributed by atoms with E-state index in [-0.39, 0.29) is 0 Å². The number of hydrogen-bond acceptors (Lipinski definition) is 14. The van der Waals surface area contributed by atoms with Crippen LogP contribution in [0.2, 0.25) is 0 Å². The van der Waals surface area contributed by atoms with Crippen molar-refractivity contribution in [2.45, 2.75) is 55.3 Å². The molecule has 0 radical (unpaired) electrons. The lowest BCUT2D eigenvalue weighted by atomic mass is 10.0. The molecule has 8 N–H and O–H groups in total. The van der Waals surface area contributed by atoms with Crippen LogP contribution in [0.1, 0.15) is 6.23 Å². The van der Waals surface area contributed by atoms with E-state index in [2.05, 4.69) is 13.4 Å². The van der Waals surface area contributed by atoms with Gasteiger partial charge in [-0.25, -0.2) is 18.3 Å². The van der Waals surface area contributed by atoms with Crippen molar-refractivity contribution in [1.82, 2.24) is 9.55 Å². The van der Waals surface area contributed by atoms with E-state index in [1.807, 2.05) is 4.98 Å². The topological polar surface area (TPSA) is 277 Å². The molecule has 1 aromatic heterocycles. The number of hydrogen-bond donors (Lipinski definition) is 8. The summed E-state index contributed by atoms with van der Waals surface area (Å²) in [6.07, 6.45) is -16.6. The van der Waals surface area contributed by atoms with Crippen molar-refractivity contribution in [3.05, 3.63) is 33.1 Å². The van der Waals surface area contributed by atoms with Gasteiger partial charge in [0.15, 0.2) is 12.4 Å². The van der Waals surface area contributed by atoms with Crippen molar-refractivity contribution in [2.75, 3.05) is 13.2 Å².